The monoisotopic (exact) mass is 377 g/mol. The predicted octanol–water partition coefficient (Wildman–Crippen LogP) is 1.58. The summed E-state index contributed by atoms with van der Waals surface area (Å²) in [5.74, 6) is -0.314. The number of thioether (sulfide) groups is 1. The van der Waals surface area contributed by atoms with Gasteiger partial charge in [-0.25, -0.2) is 15.8 Å². The van der Waals surface area contributed by atoms with Gasteiger partial charge in [0.25, 0.3) is 0 Å². The number of nitrogens with one attached hydrogen (secondary N) is 3. The molecule has 0 radical (unpaired) electrons. The zero-order valence-corrected chi connectivity index (χ0v) is 15.2. The maximum Gasteiger partial charge on any atom is 0.244 e. The fourth-order valence-electron chi connectivity index (χ4n) is 2.53. The van der Waals surface area contributed by atoms with Gasteiger partial charge in [0.05, 0.1) is 15.7 Å². The van der Waals surface area contributed by atoms with Gasteiger partial charge in [-0.3, -0.25) is 9.59 Å². The van der Waals surface area contributed by atoms with Crippen LogP contribution in [0.5, 0.6) is 0 Å². The van der Waals surface area contributed by atoms with Gasteiger partial charge in [0.2, 0.25) is 11.8 Å². The molecule has 0 aliphatic carbocycles. The number of aryl methyl sites for hydroxylation is 1. The van der Waals surface area contributed by atoms with Crippen LogP contribution in [0.1, 0.15) is 23.7 Å². The molecule has 0 spiro atoms. The van der Waals surface area contributed by atoms with Crippen LogP contribution in [-0.2, 0) is 9.59 Å². The fraction of sp³-hybridized carbons (Fsp3) is 0.312. The zero-order chi connectivity index (χ0) is 17.8. The Morgan fingerprint density at radius 1 is 1.36 bits per heavy atom. The summed E-state index contributed by atoms with van der Waals surface area (Å²) in [6.07, 6.45) is 0.656. The van der Waals surface area contributed by atoms with Crippen molar-refractivity contribution >= 4 is 40.0 Å². The summed E-state index contributed by atoms with van der Waals surface area (Å²) in [5, 5.41) is 3.37. The second-order valence-electron chi connectivity index (χ2n) is 5.68. The molecule has 25 heavy (non-hydrogen) atoms. The van der Waals surface area contributed by atoms with Crippen molar-refractivity contribution < 1.29 is 9.59 Å². The lowest BCUT2D eigenvalue weighted by atomic mass is 10.0. The van der Waals surface area contributed by atoms with E-state index in [9.17, 15) is 9.59 Å². The van der Waals surface area contributed by atoms with Crippen LogP contribution in [0.15, 0.2) is 34.5 Å². The van der Waals surface area contributed by atoms with Gasteiger partial charge in [-0.2, -0.15) is 0 Å². The molecule has 1 aliphatic heterocycles. The van der Waals surface area contributed by atoms with Crippen molar-refractivity contribution in [3.8, 4) is 0 Å². The highest BCUT2D eigenvalue weighted by molar-refractivity contribution is 8.01. The van der Waals surface area contributed by atoms with Crippen molar-refractivity contribution in [1.82, 2.24) is 15.8 Å². The van der Waals surface area contributed by atoms with Gasteiger partial charge in [-0.15, -0.1) is 11.8 Å². The Bertz CT molecular complexity index is 765. The van der Waals surface area contributed by atoms with Crippen LogP contribution in [0.3, 0.4) is 0 Å². The Morgan fingerprint density at radius 2 is 2.12 bits per heavy atom. The van der Waals surface area contributed by atoms with E-state index in [1.165, 1.54) is 23.1 Å². The number of rotatable bonds is 6. The molecule has 5 N–H and O–H groups in total. The molecule has 1 aromatic heterocycles. The van der Waals surface area contributed by atoms with E-state index in [0.717, 1.165) is 15.5 Å². The average Bonchev–Trinajstić information content (AvgIpc) is 3.21. The van der Waals surface area contributed by atoms with E-state index in [1.807, 2.05) is 37.3 Å². The number of primary amides is 1. The Morgan fingerprint density at radius 3 is 2.84 bits per heavy atom. The first-order chi connectivity index (χ1) is 12.0. The highest BCUT2D eigenvalue weighted by Gasteiger charge is 2.30. The summed E-state index contributed by atoms with van der Waals surface area (Å²) in [4.78, 5) is 27.7. The molecular formula is C16H19N5O2S2. The highest BCUT2D eigenvalue weighted by Crippen LogP contribution is 2.32. The SMILES string of the molecule is Cc1nc(NC(=O)C2CC(c3ccccc3)NN2)sc1SCC(N)=O. The van der Waals surface area contributed by atoms with Gasteiger partial charge in [0.1, 0.15) is 6.04 Å². The van der Waals surface area contributed by atoms with Crippen molar-refractivity contribution in [1.29, 1.82) is 0 Å². The molecular weight excluding hydrogens is 358 g/mol. The zero-order valence-electron chi connectivity index (χ0n) is 13.6. The van der Waals surface area contributed by atoms with Crippen LogP contribution in [-0.4, -0.2) is 28.6 Å². The van der Waals surface area contributed by atoms with Crippen LogP contribution >= 0.6 is 23.1 Å². The third-order valence-electron chi connectivity index (χ3n) is 3.75. The lowest BCUT2D eigenvalue weighted by Crippen LogP contribution is -2.39. The maximum atomic E-state index is 12.5. The van der Waals surface area contributed by atoms with Crippen molar-refractivity contribution in [3.63, 3.8) is 0 Å². The number of hydrazine groups is 1. The van der Waals surface area contributed by atoms with Crippen LogP contribution in [0, 0.1) is 6.92 Å². The molecule has 3 rings (SSSR count). The molecule has 9 heteroatoms. The topological polar surface area (TPSA) is 109 Å². The summed E-state index contributed by atoms with van der Waals surface area (Å²) in [5.41, 5.74) is 13.3. The normalized spacial score (nSPS) is 19.7. The number of carbonyl (C=O) groups excluding carboxylic acids is 2. The molecule has 1 aromatic carbocycles. The molecule has 1 aliphatic rings. The quantitative estimate of drug-likeness (QED) is 0.569. The molecule has 1 saturated heterocycles. The standard InChI is InChI=1S/C16H19N5O2S2/c1-9-15(24-8-13(17)22)25-16(18-9)19-14(23)12-7-11(20-21-12)10-5-3-2-4-6-10/h2-6,11-12,20-21H,7-8H2,1H3,(H2,17,22)(H,18,19,23). The molecule has 2 unspecified atom stereocenters. The fourth-order valence-corrected chi connectivity index (χ4v) is 4.41. The van der Waals surface area contributed by atoms with Crippen LogP contribution in [0.2, 0.25) is 0 Å². The van der Waals surface area contributed by atoms with Gasteiger partial charge < -0.3 is 11.1 Å². The lowest BCUT2D eigenvalue weighted by molar-refractivity contribution is -0.118. The van der Waals surface area contributed by atoms with E-state index in [4.69, 9.17) is 5.73 Å². The summed E-state index contributed by atoms with van der Waals surface area (Å²) in [6, 6.07) is 9.75. The molecule has 2 heterocycles. The van der Waals surface area contributed by atoms with Crippen LogP contribution in [0.4, 0.5) is 5.13 Å². The second-order valence-corrected chi connectivity index (χ2v) is 7.92. The Labute approximate surface area is 153 Å². The highest BCUT2D eigenvalue weighted by atomic mass is 32.2. The van der Waals surface area contributed by atoms with Crippen molar-refractivity contribution in [2.45, 2.75) is 29.6 Å². The van der Waals surface area contributed by atoms with Crippen LogP contribution < -0.4 is 21.9 Å². The lowest BCUT2D eigenvalue weighted by Gasteiger charge is -2.09. The van der Waals surface area contributed by atoms with E-state index in [-0.39, 0.29) is 29.7 Å². The molecule has 132 valence electrons. The smallest absolute Gasteiger partial charge is 0.244 e. The van der Waals surface area contributed by atoms with E-state index in [2.05, 4.69) is 21.2 Å². The van der Waals surface area contributed by atoms with Crippen molar-refractivity contribution in [3.05, 3.63) is 41.6 Å². The minimum Gasteiger partial charge on any atom is -0.369 e. The van der Waals surface area contributed by atoms with E-state index in [0.29, 0.717) is 11.6 Å². The van der Waals surface area contributed by atoms with E-state index in [1.54, 1.807) is 0 Å². The summed E-state index contributed by atoms with van der Waals surface area (Å²) >= 11 is 2.68. The van der Waals surface area contributed by atoms with Gasteiger partial charge >= 0.3 is 0 Å². The summed E-state index contributed by atoms with van der Waals surface area (Å²) in [6.45, 7) is 1.84. The molecule has 2 atom stereocenters. The van der Waals surface area contributed by atoms with Gasteiger partial charge in [-0.1, -0.05) is 41.7 Å². The second kappa shape index (κ2) is 7.96. The minimum atomic E-state index is -0.378. The summed E-state index contributed by atoms with van der Waals surface area (Å²) in [7, 11) is 0. The van der Waals surface area contributed by atoms with Gasteiger partial charge in [0, 0.05) is 6.04 Å². The molecule has 1 fully saturated rings. The number of hydrogen-bond donors (Lipinski definition) is 4. The summed E-state index contributed by atoms with van der Waals surface area (Å²) < 4.78 is 0.883. The number of nitrogens with two attached hydrogens (primary N) is 1. The number of benzene rings is 1. The molecule has 0 bridgehead atoms. The average molecular weight is 377 g/mol. The number of thiazole rings is 1. The van der Waals surface area contributed by atoms with Gasteiger partial charge in [-0.05, 0) is 18.9 Å². The number of nitrogens with zero attached hydrogens (tertiary/aromatic N) is 1. The molecule has 0 saturated carbocycles. The maximum absolute atomic E-state index is 12.5. The van der Waals surface area contributed by atoms with Crippen molar-refractivity contribution in [2.24, 2.45) is 5.73 Å². The third kappa shape index (κ3) is 4.57. The van der Waals surface area contributed by atoms with Gasteiger partial charge in [0.15, 0.2) is 5.13 Å². The number of aromatic nitrogens is 1. The molecule has 2 amide bonds. The molecule has 2 aromatic rings. The third-order valence-corrected chi connectivity index (χ3v) is 6.21. The minimum absolute atomic E-state index is 0.0941. The Kier molecular flexibility index (Phi) is 5.69. The number of carbonyl (C=O) groups is 2. The first-order valence-corrected chi connectivity index (χ1v) is 9.58. The number of hydrogen-bond acceptors (Lipinski definition) is 7. The predicted molar refractivity (Wildman–Crippen MR) is 99.3 cm³/mol. The van der Waals surface area contributed by atoms with Crippen molar-refractivity contribution in [2.75, 3.05) is 11.1 Å². The Balaban J connectivity index is 1.58. The number of amides is 2. The van der Waals surface area contributed by atoms with E-state index >= 15 is 0 Å². The molecule has 7 nitrogen and oxygen atoms in total. The first kappa shape index (κ1) is 17.9. The number of anilines is 1. The largest absolute Gasteiger partial charge is 0.369 e. The Hall–Kier alpha value is -1.94. The first-order valence-electron chi connectivity index (χ1n) is 7.78. The van der Waals surface area contributed by atoms with E-state index < -0.39 is 0 Å². The van der Waals surface area contributed by atoms with Crippen LogP contribution in [0.25, 0.3) is 0 Å².